The number of anilines is 6. The molecule has 0 aliphatic carbocycles. The maximum Gasteiger partial charge on any atom is 0.276 e. The van der Waals surface area contributed by atoms with Crippen LogP contribution in [0.15, 0.2) is 232 Å². The second-order valence-electron chi connectivity index (χ2n) is 38.3. The van der Waals surface area contributed by atoms with Gasteiger partial charge in [0, 0.05) is 263 Å². The van der Waals surface area contributed by atoms with Gasteiger partial charge in [0.1, 0.15) is 11.6 Å². The number of carbonyl (C=O) groups is 4. The number of pyridine rings is 6. The van der Waals surface area contributed by atoms with E-state index < -0.39 is 0 Å². The molecular formula is C111H123N27O9. The molecule has 7 aliphatic heterocycles. The number of benzene rings is 6. The van der Waals surface area contributed by atoms with Gasteiger partial charge in [-0.25, -0.2) is 9.97 Å². The van der Waals surface area contributed by atoms with Crippen LogP contribution in [0.1, 0.15) is 88.2 Å². The predicted molar refractivity (Wildman–Crippen MR) is 569 cm³/mol. The molecule has 4 amide bonds. The van der Waals surface area contributed by atoms with E-state index in [4.69, 9.17) is 23.7 Å². The molecule has 0 radical (unpaired) electrons. The molecule has 756 valence electrons. The van der Waals surface area contributed by atoms with Gasteiger partial charge in [-0.1, -0.05) is 48.5 Å². The number of nitrogens with one attached hydrogen (secondary N) is 8. The number of carbonyl (C=O) groups excluding carboxylic acids is 4. The summed E-state index contributed by atoms with van der Waals surface area (Å²) in [5.74, 6) is 0.739. The van der Waals surface area contributed by atoms with Crippen molar-refractivity contribution in [1.82, 2.24) is 105 Å². The Hall–Kier alpha value is -14.9. The van der Waals surface area contributed by atoms with Crippen LogP contribution in [0.5, 0.6) is 0 Å². The summed E-state index contributed by atoms with van der Waals surface area (Å²) >= 11 is 0. The van der Waals surface area contributed by atoms with Crippen molar-refractivity contribution in [2.45, 2.75) is 52.1 Å². The summed E-state index contributed by atoms with van der Waals surface area (Å²) in [7, 11) is 6.00. The molecule has 7 fully saturated rings. The first-order chi connectivity index (χ1) is 72.1. The zero-order valence-electron chi connectivity index (χ0n) is 83.2. The molecule has 23 rings (SSSR count). The van der Waals surface area contributed by atoms with E-state index in [0.29, 0.717) is 34.2 Å². The van der Waals surface area contributed by atoms with E-state index in [9.17, 15) is 19.2 Å². The van der Waals surface area contributed by atoms with Crippen molar-refractivity contribution in [3.63, 3.8) is 0 Å². The first-order valence-electron chi connectivity index (χ1n) is 50.5. The first kappa shape index (κ1) is 99.4. The van der Waals surface area contributed by atoms with Gasteiger partial charge in [0.05, 0.1) is 112 Å². The van der Waals surface area contributed by atoms with E-state index in [1.54, 1.807) is 12.4 Å². The maximum absolute atomic E-state index is 13.3. The SMILES string of the molecule is CN(C)c1ccc(NC(=O)c2n[nH]c3ccc(-c4cncc(CN5CCOCC5)c4)cc23)cn1.CN1CCN(Cc2cccc(NC(=O)c3n[nH]c4ccc(-c5cncc(CN6CCOCC6)c5)cc34)c2)CC1.O=C(Nc1ccc(N2CCCC2)nc1)c1n[nH]c2ccc(-c3cncc(CN4CCOCC4)c3)cc12.O=C(Nc1cccc(CN2CCOCC2)c1)c1n[nH]c2ccc(-c3cncc(CN4CCOCC4)c3)cc12. The minimum atomic E-state index is -0.290. The lowest BCUT2D eigenvalue weighted by Gasteiger charge is -2.32. The largest absolute Gasteiger partial charge is 0.379 e. The lowest BCUT2D eigenvalue weighted by atomic mass is 10.0. The molecule has 16 aromatic rings. The summed E-state index contributed by atoms with van der Waals surface area (Å²) in [6, 6.07) is 56.3. The molecule has 0 bridgehead atoms. The van der Waals surface area contributed by atoms with Crippen LogP contribution in [0.3, 0.4) is 0 Å². The van der Waals surface area contributed by atoms with Gasteiger partial charge in [-0.3, -0.25) is 88.9 Å². The van der Waals surface area contributed by atoms with Crippen LogP contribution in [-0.4, -0.2) is 321 Å². The van der Waals surface area contributed by atoms with Gasteiger partial charge < -0.3 is 59.7 Å². The van der Waals surface area contributed by atoms with E-state index in [1.807, 2.05) is 196 Å². The molecule has 7 saturated heterocycles. The number of ether oxygens (including phenoxy) is 5. The first-order valence-corrected chi connectivity index (χ1v) is 50.5. The number of likely N-dealkylation sites (N-methyl/N-ethyl adjacent to an activating group) is 1. The van der Waals surface area contributed by atoms with Gasteiger partial charge in [0.25, 0.3) is 23.6 Å². The van der Waals surface area contributed by atoms with Crippen LogP contribution in [0.4, 0.5) is 34.4 Å². The van der Waals surface area contributed by atoms with Crippen LogP contribution in [0.2, 0.25) is 0 Å². The number of aromatic amines is 4. The Morgan fingerprint density at radius 3 is 0.891 bits per heavy atom. The number of morpholine rings is 5. The van der Waals surface area contributed by atoms with E-state index in [1.165, 1.54) is 18.4 Å². The fourth-order valence-corrected chi connectivity index (χ4v) is 19.3. The van der Waals surface area contributed by atoms with Crippen molar-refractivity contribution in [2.75, 3.05) is 223 Å². The number of amides is 4. The molecule has 0 spiro atoms. The standard InChI is InChI=1S/C30H35N7O2.C29H32N6O3.C27H29N7O2.C25H27N7O2/c1-35-7-9-36(10-8-35)20-22-3-2-4-26(16-22)32-30(38)29-27-17-24(5-6-28(27)33-34-29)25-15-23(18-31-19-25)21-37-11-13-39-14-12-37;36-29(31-25-3-1-2-21(15-25)19-34-6-10-37-11-7-34)28-26-16-23(4-5-27(26)32-33-28)24-14-22(17-30-18-24)20-35-8-12-38-13-9-35;35-27(30-22-4-6-25(29-17-22)34-7-1-2-8-34)26-23-14-20(3-5-24(23)31-32-26)21-13-19(15-28-16-21)18-33-9-11-36-12-10-33;1-31(2)23-6-4-20(15-27-23)28-25(33)24-21-12-18(3-5-22(21)29-30-24)19-11-17(13-26-14-19)16-32-7-9-34-10-8-32/h2-6,15-19H,7-14,20-21H2,1H3,(H,32,38)(H,33,34);1-5,14-18H,6-13,19-20H2,(H,31,36)(H,32,33);3-6,13-17H,1-2,7-12,18H2,(H,30,35)(H,31,32);3-6,11-15H,7-10,16H2,1-2H3,(H,28,33)(H,29,30). The Morgan fingerprint density at radius 1 is 0.293 bits per heavy atom. The molecule has 36 heteroatoms. The number of nitrogens with zero attached hydrogens (tertiary/aromatic N) is 19. The van der Waals surface area contributed by atoms with E-state index >= 15 is 0 Å². The highest BCUT2D eigenvalue weighted by atomic mass is 16.5. The summed E-state index contributed by atoms with van der Waals surface area (Å²) in [4.78, 5) is 100. The third kappa shape index (κ3) is 26.0. The van der Waals surface area contributed by atoms with Crippen molar-refractivity contribution in [2.24, 2.45) is 0 Å². The van der Waals surface area contributed by atoms with Crippen molar-refractivity contribution >= 4 is 102 Å². The molecule has 0 unspecified atom stereocenters. The minimum Gasteiger partial charge on any atom is -0.379 e. The van der Waals surface area contributed by atoms with E-state index in [2.05, 4.69) is 181 Å². The number of fused-ring (bicyclic) bond motifs is 4. The van der Waals surface area contributed by atoms with Crippen LogP contribution in [0, 0.1) is 0 Å². The smallest absolute Gasteiger partial charge is 0.276 e. The van der Waals surface area contributed by atoms with Crippen molar-refractivity contribution < 1.29 is 42.9 Å². The number of rotatable bonds is 26. The molecule has 17 heterocycles. The Balaban J connectivity index is 0.000000119. The van der Waals surface area contributed by atoms with Gasteiger partial charge in [0.2, 0.25) is 0 Å². The minimum absolute atomic E-state index is 0.227. The van der Waals surface area contributed by atoms with Gasteiger partial charge in [-0.15, -0.1) is 0 Å². The third-order valence-electron chi connectivity index (χ3n) is 27.4. The predicted octanol–water partition coefficient (Wildman–Crippen LogP) is 13.9. The average molecular weight is 1980 g/mol. The zero-order valence-corrected chi connectivity index (χ0v) is 83.2. The summed E-state index contributed by atoms with van der Waals surface area (Å²) in [5.41, 5.74) is 22.5. The lowest BCUT2D eigenvalue weighted by molar-refractivity contribution is 0.0341. The molecule has 10 aromatic heterocycles. The zero-order chi connectivity index (χ0) is 100. The molecule has 0 saturated carbocycles. The Bertz CT molecular complexity index is 7190. The Labute approximate surface area is 852 Å². The fraction of sp³-hybridized carbons (Fsp3) is 0.333. The lowest BCUT2D eigenvalue weighted by Crippen LogP contribution is -2.43. The summed E-state index contributed by atoms with van der Waals surface area (Å²) < 4.78 is 27.3. The highest BCUT2D eigenvalue weighted by molar-refractivity contribution is 6.15. The number of piperazine rings is 1. The summed E-state index contributed by atoms with van der Waals surface area (Å²) in [6.45, 7) is 28.4. The number of H-pyrrole nitrogens is 4. The number of hydrogen-bond donors (Lipinski definition) is 8. The van der Waals surface area contributed by atoms with Crippen molar-refractivity contribution in [3.8, 4) is 44.5 Å². The summed E-state index contributed by atoms with van der Waals surface area (Å²) in [6.07, 6.45) is 20.8. The normalized spacial score (nSPS) is 16.4. The second kappa shape index (κ2) is 48.0. The van der Waals surface area contributed by atoms with Crippen LogP contribution in [0.25, 0.3) is 88.1 Å². The second-order valence-corrected chi connectivity index (χ2v) is 38.3. The average Bonchev–Trinajstić information content (AvgIpc) is 1.73. The molecule has 36 nitrogen and oxygen atoms in total. The quantitative estimate of drug-likeness (QED) is 0.0250. The molecule has 7 aliphatic rings. The van der Waals surface area contributed by atoms with Crippen LogP contribution in [-0.2, 0) is 63.0 Å². The van der Waals surface area contributed by atoms with Gasteiger partial charge in [0.15, 0.2) is 22.8 Å². The topological polar surface area (TPSA) is 384 Å². The molecule has 8 N–H and O–H groups in total. The monoisotopic (exact) mass is 1980 g/mol. The van der Waals surface area contributed by atoms with Gasteiger partial charge >= 0.3 is 0 Å². The fourth-order valence-electron chi connectivity index (χ4n) is 19.3. The van der Waals surface area contributed by atoms with E-state index in [-0.39, 0.29) is 23.6 Å². The van der Waals surface area contributed by atoms with E-state index in [0.717, 1.165) is 349 Å². The van der Waals surface area contributed by atoms with Crippen LogP contribution >= 0.6 is 0 Å². The van der Waals surface area contributed by atoms with Gasteiger partial charge in [-0.05, 0) is 197 Å². The summed E-state index contributed by atoms with van der Waals surface area (Å²) in [5, 5.41) is 44.2. The highest BCUT2D eigenvalue weighted by Gasteiger charge is 2.27. The van der Waals surface area contributed by atoms with Gasteiger partial charge in [-0.2, -0.15) is 20.4 Å². The highest BCUT2D eigenvalue weighted by Crippen LogP contribution is 2.34. The molecule has 6 aromatic carbocycles. The third-order valence-corrected chi connectivity index (χ3v) is 27.4. The number of hydrogen-bond acceptors (Lipinski definition) is 28. The molecule has 0 atom stereocenters. The van der Waals surface area contributed by atoms with Crippen molar-refractivity contribution in [3.05, 3.63) is 288 Å². The Morgan fingerprint density at radius 2 is 0.592 bits per heavy atom. The Kier molecular flexibility index (Phi) is 32.4. The number of aromatic nitrogens is 14. The van der Waals surface area contributed by atoms with Crippen LogP contribution < -0.4 is 31.1 Å². The molecular weight excluding hydrogens is 1860 g/mol. The maximum atomic E-state index is 13.3. The van der Waals surface area contributed by atoms with Crippen molar-refractivity contribution in [1.29, 1.82) is 0 Å². The molecule has 147 heavy (non-hydrogen) atoms.